The Morgan fingerprint density at radius 3 is 2.52 bits per heavy atom. The molecule has 1 N–H and O–H groups in total. The van der Waals surface area contributed by atoms with Crippen molar-refractivity contribution in [2.24, 2.45) is 0 Å². The molecule has 0 aliphatic rings. The first kappa shape index (κ1) is 14.2. The number of methoxy groups -OCH3 is 2. The monoisotopic (exact) mass is 367 g/mol. The zero-order valence-corrected chi connectivity index (χ0v) is 13.6. The van der Waals surface area contributed by atoms with E-state index in [-0.39, 0.29) is 5.56 Å². The van der Waals surface area contributed by atoms with Crippen molar-refractivity contribution in [3.8, 4) is 11.5 Å². The number of ether oxygens (including phenoxy) is 2. The number of benzene rings is 2. The molecule has 3 rings (SSSR count). The maximum absolute atomic E-state index is 12.3. The molecule has 1 heterocycles. The summed E-state index contributed by atoms with van der Waals surface area (Å²) in [5.41, 5.74) is 0.323. The van der Waals surface area contributed by atoms with Crippen LogP contribution < -0.4 is 15.0 Å². The first-order valence-electron chi connectivity index (χ1n) is 6.13. The summed E-state index contributed by atoms with van der Waals surface area (Å²) in [6.45, 7) is 0. The minimum atomic E-state index is -0.242. The molecule has 6 heteroatoms. The molecule has 0 radical (unpaired) electrons. The Labute approximate surface area is 133 Å². The molecule has 1 aromatic heterocycles. The number of rotatable bonds is 2. The van der Waals surface area contributed by atoms with Crippen LogP contribution in [0.25, 0.3) is 21.7 Å². The van der Waals surface area contributed by atoms with Crippen LogP contribution in [0.3, 0.4) is 0 Å². The first-order chi connectivity index (χ1) is 10.1. The van der Waals surface area contributed by atoms with E-state index in [1.54, 1.807) is 19.2 Å². The van der Waals surface area contributed by atoms with Crippen LogP contribution >= 0.6 is 27.5 Å². The molecule has 21 heavy (non-hydrogen) atoms. The number of aromatic amines is 1. The van der Waals surface area contributed by atoms with Gasteiger partial charge in [-0.15, -0.1) is 0 Å². The summed E-state index contributed by atoms with van der Waals surface area (Å²) in [4.78, 5) is 15.2. The van der Waals surface area contributed by atoms with E-state index in [2.05, 4.69) is 20.9 Å². The summed E-state index contributed by atoms with van der Waals surface area (Å²) in [5.74, 6) is 1.12. The summed E-state index contributed by atoms with van der Waals surface area (Å²) >= 11 is 9.78. The number of hydrogen-bond acceptors (Lipinski definition) is 3. The maximum Gasteiger partial charge on any atom is 0.260 e. The third-order valence-corrected chi connectivity index (χ3v) is 4.47. The minimum Gasteiger partial charge on any atom is -0.496 e. The second-order valence-corrected chi connectivity index (χ2v) is 5.66. The zero-order chi connectivity index (χ0) is 15.1. The van der Waals surface area contributed by atoms with Gasteiger partial charge in [0, 0.05) is 16.8 Å². The van der Waals surface area contributed by atoms with Gasteiger partial charge < -0.3 is 14.5 Å². The van der Waals surface area contributed by atoms with E-state index in [4.69, 9.17) is 21.1 Å². The van der Waals surface area contributed by atoms with Crippen molar-refractivity contribution < 1.29 is 9.47 Å². The standard InChI is InChI=1S/C15H11BrClNO3/c1-20-9-5-3-4-7-11(9)15(19)18-14-8(17)6-10(21-2)13(16)12(7)14/h3-6H,1-2H3,(H,18,19). The van der Waals surface area contributed by atoms with Gasteiger partial charge in [-0.2, -0.15) is 0 Å². The van der Waals surface area contributed by atoms with Crippen LogP contribution in [-0.4, -0.2) is 19.2 Å². The molecule has 0 unspecified atom stereocenters. The number of nitrogens with one attached hydrogen (secondary N) is 1. The van der Waals surface area contributed by atoms with Crippen LogP contribution in [0.2, 0.25) is 5.02 Å². The van der Waals surface area contributed by atoms with Crippen LogP contribution in [0, 0.1) is 0 Å². The van der Waals surface area contributed by atoms with E-state index >= 15 is 0 Å². The van der Waals surface area contributed by atoms with Gasteiger partial charge >= 0.3 is 0 Å². The van der Waals surface area contributed by atoms with Gasteiger partial charge in [0.15, 0.2) is 0 Å². The zero-order valence-electron chi connectivity index (χ0n) is 11.3. The number of pyridine rings is 1. The molecular formula is C15H11BrClNO3. The average Bonchev–Trinajstić information content (AvgIpc) is 2.50. The fraction of sp³-hybridized carbons (Fsp3) is 0.133. The lowest BCUT2D eigenvalue weighted by Gasteiger charge is -2.12. The highest BCUT2D eigenvalue weighted by Crippen LogP contribution is 2.40. The SMILES string of the molecule is COc1cc(Cl)c2[nH]c(=O)c3c(OC)cccc3c2c1Br. The molecule has 0 aliphatic carbocycles. The van der Waals surface area contributed by atoms with E-state index in [1.165, 1.54) is 7.11 Å². The largest absolute Gasteiger partial charge is 0.496 e. The van der Waals surface area contributed by atoms with Crippen molar-refractivity contribution in [3.05, 3.63) is 44.1 Å². The number of H-pyrrole nitrogens is 1. The fourth-order valence-electron chi connectivity index (χ4n) is 2.45. The number of aromatic nitrogens is 1. The highest BCUT2D eigenvalue weighted by Gasteiger charge is 2.17. The number of fused-ring (bicyclic) bond motifs is 3. The van der Waals surface area contributed by atoms with Crippen molar-refractivity contribution in [1.29, 1.82) is 0 Å². The van der Waals surface area contributed by atoms with E-state index in [1.807, 2.05) is 12.1 Å². The van der Waals surface area contributed by atoms with Gasteiger partial charge in [-0.25, -0.2) is 0 Å². The molecule has 0 saturated heterocycles. The first-order valence-corrected chi connectivity index (χ1v) is 7.30. The Bertz CT molecular complexity index is 920. The lowest BCUT2D eigenvalue weighted by atomic mass is 10.1. The van der Waals surface area contributed by atoms with Crippen molar-refractivity contribution >= 4 is 49.2 Å². The van der Waals surface area contributed by atoms with E-state index in [0.717, 1.165) is 15.2 Å². The molecule has 2 aromatic carbocycles. The van der Waals surface area contributed by atoms with Crippen LogP contribution in [0.15, 0.2) is 33.5 Å². The Kier molecular flexibility index (Phi) is 3.55. The Balaban J connectivity index is 2.65. The Morgan fingerprint density at radius 2 is 1.86 bits per heavy atom. The van der Waals surface area contributed by atoms with Crippen LogP contribution in [0.1, 0.15) is 0 Å². The van der Waals surface area contributed by atoms with Crippen molar-refractivity contribution in [2.45, 2.75) is 0 Å². The smallest absolute Gasteiger partial charge is 0.260 e. The molecule has 0 bridgehead atoms. The molecular weight excluding hydrogens is 358 g/mol. The minimum absolute atomic E-state index is 0.242. The molecule has 4 nitrogen and oxygen atoms in total. The third kappa shape index (κ3) is 2.08. The Morgan fingerprint density at radius 1 is 1.14 bits per heavy atom. The third-order valence-electron chi connectivity index (χ3n) is 3.38. The fourth-order valence-corrected chi connectivity index (χ4v) is 3.38. The van der Waals surface area contributed by atoms with Gasteiger partial charge in [0.25, 0.3) is 5.56 Å². The highest BCUT2D eigenvalue weighted by atomic mass is 79.9. The maximum atomic E-state index is 12.3. The van der Waals surface area contributed by atoms with Gasteiger partial charge in [0.2, 0.25) is 0 Å². The molecule has 0 atom stereocenters. The second-order valence-electron chi connectivity index (χ2n) is 4.46. The number of hydrogen-bond donors (Lipinski definition) is 1. The summed E-state index contributed by atoms with van der Waals surface area (Å²) in [5, 5.41) is 2.44. The van der Waals surface area contributed by atoms with Gasteiger partial charge in [-0.05, 0) is 22.0 Å². The van der Waals surface area contributed by atoms with Gasteiger partial charge in [-0.3, -0.25) is 4.79 Å². The molecule has 3 aromatic rings. The molecule has 0 fully saturated rings. The summed E-state index contributed by atoms with van der Waals surface area (Å²) in [6, 6.07) is 7.10. The normalized spacial score (nSPS) is 11.0. The quantitative estimate of drug-likeness (QED) is 0.692. The molecule has 0 saturated carbocycles. The van der Waals surface area contributed by atoms with E-state index < -0.39 is 0 Å². The van der Waals surface area contributed by atoms with Gasteiger partial charge in [-0.1, -0.05) is 23.7 Å². The Hall–Kier alpha value is -1.72. The average molecular weight is 369 g/mol. The predicted molar refractivity (Wildman–Crippen MR) is 87.9 cm³/mol. The van der Waals surface area contributed by atoms with E-state index in [0.29, 0.717) is 27.4 Å². The van der Waals surface area contributed by atoms with Crippen molar-refractivity contribution in [3.63, 3.8) is 0 Å². The summed E-state index contributed by atoms with van der Waals surface area (Å²) in [6.07, 6.45) is 0. The van der Waals surface area contributed by atoms with Crippen molar-refractivity contribution in [1.82, 2.24) is 4.98 Å². The van der Waals surface area contributed by atoms with Crippen molar-refractivity contribution in [2.75, 3.05) is 14.2 Å². The van der Waals surface area contributed by atoms with E-state index in [9.17, 15) is 4.79 Å². The lowest BCUT2D eigenvalue weighted by molar-refractivity contribution is 0.413. The molecule has 0 amide bonds. The van der Waals surface area contributed by atoms with Crippen LogP contribution in [0.4, 0.5) is 0 Å². The van der Waals surface area contributed by atoms with Gasteiger partial charge in [0.1, 0.15) is 11.5 Å². The summed E-state index contributed by atoms with van der Waals surface area (Å²) in [7, 11) is 3.10. The van der Waals surface area contributed by atoms with Gasteiger partial charge in [0.05, 0.1) is 34.6 Å². The predicted octanol–water partition coefficient (Wildman–Crippen LogP) is 4.11. The summed E-state index contributed by atoms with van der Waals surface area (Å²) < 4.78 is 11.3. The lowest BCUT2D eigenvalue weighted by Crippen LogP contribution is -2.08. The highest BCUT2D eigenvalue weighted by molar-refractivity contribution is 9.10. The molecule has 0 spiro atoms. The topological polar surface area (TPSA) is 51.3 Å². The second kappa shape index (κ2) is 5.24. The molecule has 0 aliphatic heterocycles. The van der Waals surface area contributed by atoms with Crippen LogP contribution in [-0.2, 0) is 0 Å². The molecule has 108 valence electrons. The number of halogens is 2. The van der Waals surface area contributed by atoms with Crippen LogP contribution in [0.5, 0.6) is 11.5 Å².